The SMILES string of the molecule is COc1cc(C#N)ccc1OCC1=NC(Cc2cc3ccc(F)cc3[nH]2)(C(=O)O)CS1. The largest absolute Gasteiger partial charge is 0.493 e. The summed E-state index contributed by atoms with van der Waals surface area (Å²) in [6, 6.07) is 13.1. The molecule has 1 aromatic heterocycles. The second-order valence-corrected chi connectivity index (χ2v) is 8.15. The lowest BCUT2D eigenvalue weighted by Gasteiger charge is -2.19. The van der Waals surface area contributed by atoms with Crippen molar-refractivity contribution in [3.8, 4) is 17.6 Å². The van der Waals surface area contributed by atoms with Gasteiger partial charge in [0.05, 0.1) is 18.7 Å². The van der Waals surface area contributed by atoms with Gasteiger partial charge in [0.15, 0.2) is 17.0 Å². The van der Waals surface area contributed by atoms with Crippen molar-refractivity contribution in [1.29, 1.82) is 5.26 Å². The summed E-state index contributed by atoms with van der Waals surface area (Å²) in [4.78, 5) is 19.7. The van der Waals surface area contributed by atoms with E-state index in [1.807, 2.05) is 12.1 Å². The Balaban J connectivity index is 1.53. The molecule has 31 heavy (non-hydrogen) atoms. The number of rotatable bonds is 7. The predicted octanol–water partition coefficient (Wildman–Crippen LogP) is 3.78. The number of aliphatic carboxylic acids is 1. The van der Waals surface area contributed by atoms with E-state index >= 15 is 0 Å². The molecule has 158 valence electrons. The highest BCUT2D eigenvalue weighted by Gasteiger charge is 2.43. The van der Waals surface area contributed by atoms with Crippen molar-refractivity contribution in [2.24, 2.45) is 4.99 Å². The van der Waals surface area contributed by atoms with Crippen molar-refractivity contribution in [2.75, 3.05) is 19.5 Å². The number of fused-ring (bicyclic) bond motifs is 1. The second-order valence-electron chi connectivity index (χ2n) is 7.10. The first-order valence-electron chi connectivity index (χ1n) is 9.35. The Morgan fingerprint density at radius 3 is 2.90 bits per heavy atom. The molecule has 0 radical (unpaired) electrons. The van der Waals surface area contributed by atoms with Gasteiger partial charge >= 0.3 is 5.97 Å². The number of methoxy groups -OCH3 is 1. The molecule has 0 saturated carbocycles. The number of thioether (sulfide) groups is 1. The van der Waals surface area contributed by atoms with Gasteiger partial charge in [-0.1, -0.05) is 0 Å². The van der Waals surface area contributed by atoms with E-state index in [2.05, 4.69) is 9.98 Å². The number of carboxylic acids is 1. The standard InChI is InChI=1S/C22H18FN3O4S/c1-29-19-6-13(10-24)2-5-18(19)30-11-20-26-22(12-31-20,21(27)28)9-16-7-14-3-4-15(23)8-17(14)25-16/h2-8,25H,9,11-12H2,1H3,(H,27,28). The van der Waals surface area contributed by atoms with Crippen LogP contribution in [0, 0.1) is 17.1 Å². The highest BCUT2D eigenvalue weighted by atomic mass is 32.2. The van der Waals surface area contributed by atoms with Crippen molar-refractivity contribution in [3.05, 3.63) is 59.5 Å². The fourth-order valence-corrected chi connectivity index (χ4v) is 4.50. The van der Waals surface area contributed by atoms with Crippen LogP contribution in [0.1, 0.15) is 11.3 Å². The normalized spacial score (nSPS) is 17.9. The van der Waals surface area contributed by atoms with Crippen LogP contribution in [0.3, 0.4) is 0 Å². The minimum Gasteiger partial charge on any atom is -0.493 e. The van der Waals surface area contributed by atoms with E-state index in [9.17, 15) is 14.3 Å². The highest BCUT2D eigenvalue weighted by molar-refractivity contribution is 8.14. The Morgan fingerprint density at radius 2 is 2.16 bits per heavy atom. The Hall–Kier alpha value is -3.51. The van der Waals surface area contributed by atoms with Gasteiger partial charge in [-0.15, -0.1) is 11.8 Å². The molecule has 0 amide bonds. The molecule has 9 heteroatoms. The van der Waals surface area contributed by atoms with Crippen LogP contribution in [0.2, 0.25) is 0 Å². The number of hydrogen-bond acceptors (Lipinski definition) is 6. The Morgan fingerprint density at radius 1 is 1.32 bits per heavy atom. The molecule has 7 nitrogen and oxygen atoms in total. The van der Waals surface area contributed by atoms with Gasteiger partial charge in [0.2, 0.25) is 0 Å². The zero-order valence-electron chi connectivity index (χ0n) is 16.5. The maximum absolute atomic E-state index is 13.4. The smallest absolute Gasteiger partial charge is 0.332 e. The van der Waals surface area contributed by atoms with Crippen LogP contribution < -0.4 is 9.47 Å². The first kappa shape index (κ1) is 20.8. The molecular weight excluding hydrogens is 421 g/mol. The summed E-state index contributed by atoms with van der Waals surface area (Å²) >= 11 is 1.32. The van der Waals surface area contributed by atoms with Crippen molar-refractivity contribution in [2.45, 2.75) is 12.0 Å². The minimum absolute atomic E-state index is 0.0832. The van der Waals surface area contributed by atoms with Crippen LogP contribution in [0.5, 0.6) is 11.5 Å². The summed E-state index contributed by atoms with van der Waals surface area (Å²) in [5, 5.41) is 20.3. The molecule has 0 spiro atoms. The fraction of sp³-hybridized carbons (Fsp3) is 0.227. The minimum atomic E-state index is -1.34. The number of aromatic amines is 1. The summed E-state index contributed by atoms with van der Waals surface area (Å²) in [7, 11) is 1.48. The number of hydrogen-bond donors (Lipinski definition) is 2. The van der Waals surface area contributed by atoms with Gasteiger partial charge < -0.3 is 19.6 Å². The number of aliphatic imine (C=N–C) groups is 1. The van der Waals surface area contributed by atoms with Crippen molar-refractivity contribution < 1.29 is 23.8 Å². The van der Waals surface area contributed by atoms with E-state index < -0.39 is 11.5 Å². The molecule has 1 atom stereocenters. The summed E-state index contributed by atoms with van der Waals surface area (Å²) < 4.78 is 24.5. The third-order valence-corrected chi connectivity index (χ3v) is 6.15. The lowest BCUT2D eigenvalue weighted by Crippen LogP contribution is -2.39. The number of halogens is 1. The zero-order chi connectivity index (χ0) is 22.0. The number of carboxylic acid groups (broad SMARTS) is 1. The summed E-state index contributed by atoms with van der Waals surface area (Å²) in [6.07, 6.45) is 0.148. The van der Waals surface area contributed by atoms with E-state index in [1.54, 1.807) is 24.3 Å². The monoisotopic (exact) mass is 439 g/mol. The number of nitrogens with one attached hydrogen (secondary N) is 1. The quantitative estimate of drug-likeness (QED) is 0.580. The third kappa shape index (κ3) is 4.20. The zero-order valence-corrected chi connectivity index (χ0v) is 17.3. The fourth-order valence-electron chi connectivity index (χ4n) is 3.42. The van der Waals surface area contributed by atoms with Crippen LogP contribution in [-0.4, -0.2) is 46.1 Å². The second kappa shape index (κ2) is 8.32. The lowest BCUT2D eigenvalue weighted by molar-refractivity contribution is -0.142. The van der Waals surface area contributed by atoms with E-state index in [0.717, 1.165) is 5.39 Å². The Bertz CT molecular complexity index is 1230. The molecule has 2 heterocycles. The molecule has 1 unspecified atom stereocenters. The van der Waals surface area contributed by atoms with E-state index in [1.165, 1.54) is 31.0 Å². The van der Waals surface area contributed by atoms with Gasteiger partial charge in [-0.05, 0) is 41.8 Å². The number of ether oxygens (including phenoxy) is 2. The number of benzene rings is 2. The van der Waals surface area contributed by atoms with Crippen molar-refractivity contribution >= 4 is 33.7 Å². The summed E-state index contributed by atoms with van der Waals surface area (Å²) in [6.45, 7) is 0.0832. The van der Waals surface area contributed by atoms with E-state index in [0.29, 0.717) is 33.3 Å². The summed E-state index contributed by atoms with van der Waals surface area (Å²) in [5.41, 5.74) is 0.391. The molecule has 1 aliphatic rings. The molecule has 0 saturated heterocycles. The van der Waals surface area contributed by atoms with Crippen LogP contribution in [0.15, 0.2) is 47.5 Å². The molecular formula is C22H18FN3O4S. The first-order chi connectivity index (χ1) is 14.9. The number of carbonyl (C=O) groups is 1. The van der Waals surface area contributed by atoms with E-state index in [-0.39, 0.29) is 24.6 Å². The van der Waals surface area contributed by atoms with Crippen molar-refractivity contribution in [3.63, 3.8) is 0 Å². The van der Waals surface area contributed by atoms with Gasteiger partial charge in [0.25, 0.3) is 0 Å². The van der Waals surface area contributed by atoms with Crippen LogP contribution in [-0.2, 0) is 11.2 Å². The maximum atomic E-state index is 13.4. The van der Waals surface area contributed by atoms with Gasteiger partial charge in [-0.25, -0.2) is 9.18 Å². The average Bonchev–Trinajstić information content (AvgIpc) is 3.36. The maximum Gasteiger partial charge on any atom is 0.332 e. The Labute approximate surface area is 181 Å². The molecule has 1 aliphatic heterocycles. The summed E-state index contributed by atoms with van der Waals surface area (Å²) in [5.74, 6) is -0.278. The molecule has 3 aromatic rings. The molecule has 2 N–H and O–H groups in total. The molecule has 0 bridgehead atoms. The van der Waals surface area contributed by atoms with Gasteiger partial charge in [-0.3, -0.25) is 4.99 Å². The number of nitriles is 1. The Kier molecular flexibility index (Phi) is 5.57. The molecule has 4 rings (SSSR count). The first-order valence-corrected chi connectivity index (χ1v) is 10.3. The van der Waals surface area contributed by atoms with Crippen LogP contribution in [0.4, 0.5) is 4.39 Å². The van der Waals surface area contributed by atoms with E-state index in [4.69, 9.17) is 14.7 Å². The molecule has 0 aliphatic carbocycles. The number of H-pyrrole nitrogens is 1. The highest BCUT2D eigenvalue weighted by Crippen LogP contribution is 2.34. The molecule has 0 fully saturated rings. The number of aromatic nitrogens is 1. The lowest BCUT2D eigenvalue weighted by atomic mass is 9.96. The van der Waals surface area contributed by atoms with Crippen LogP contribution in [0.25, 0.3) is 10.9 Å². The third-order valence-electron chi connectivity index (χ3n) is 4.98. The topological polar surface area (TPSA) is 108 Å². The average molecular weight is 439 g/mol. The van der Waals surface area contributed by atoms with Gasteiger partial charge in [-0.2, -0.15) is 5.26 Å². The van der Waals surface area contributed by atoms with Crippen LogP contribution >= 0.6 is 11.8 Å². The van der Waals surface area contributed by atoms with Gasteiger partial charge in [0, 0.05) is 29.5 Å². The van der Waals surface area contributed by atoms with Crippen molar-refractivity contribution in [1.82, 2.24) is 4.98 Å². The van der Waals surface area contributed by atoms with Gasteiger partial charge in [0.1, 0.15) is 17.5 Å². The molecule has 2 aromatic carbocycles. The predicted molar refractivity (Wildman–Crippen MR) is 115 cm³/mol. The number of nitrogens with zero attached hydrogens (tertiary/aromatic N) is 2.